The first kappa shape index (κ1) is 11.1. The zero-order valence-corrected chi connectivity index (χ0v) is 10.7. The molecule has 0 saturated carbocycles. The summed E-state index contributed by atoms with van der Waals surface area (Å²) >= 11 is 1.68. The highest BCUT2D eigenvalue weighted by molar-refractivity contribution is 7.13. The molecule has 1 aromatic carbocycles. The number of hydrogen-bond donors (Lipinski definition) is 0. The van der Waals surface area contributed by atoms with Crippen LogP contribution in [0.4, 0.5) is 0 Å². The van der Waals surface area contributed by atoms with Gasteiger partial charge in [-0.15, -0.1) is 11.3 Å². The highest BCUT2D eigenvalue weighted by Crippen LogP contribution is 2.31. The molecule has 0 aliphatic rings. The fourth-order valence-corrected chi connectivity index (χ4v) is 2.49. The maximum absolute atomic E-state index is 5.86. The van der Waals surface area contributed by atoms with Crippen molar-refractivity contribution in [2.45, 2.75) is 0 Å². The Morgan fingerprint density at radius 3 is 2.39 bits per heavy atom. The minimum atomic E-state index is 0.851. The number of rotatable bonds is 3. The van der Waals surface area contributed by atoms with Crippen LogP contribution in [0.3, 0.4) is 0 Å². The maximum Gasteiger partial charge on any atom is 0.144 e. The van der Waals surface area contributed by atoms with Gasteiger partial charge in [0.1, 0.15) is 17.3 Å². The summed E-state index contributed by atoms with van der Waals surface area (Å²) in [6, 6.07) is 15.9. The van der Waals surface area contributed by atoms with Crippen LogP contribution in [0.5, 0.6) is 5.75 Å². The van der Waals surface area contributed by atoms with E-state index < -0.39 is 0 Å². The zero-order chi connectivity index (χ0) is 12.4. The third kappa shape index (κ3) is 2.05. The molecule has 0 fully saturated rings. The van der Waals surface area contributed by atoms with E-state index in [-0.39, 0.29) is 0 Å². The van der Waals surface area contributed by atoms with Gasteiger partial charge in [-0.25, -0.2) is 0 Å². The lowest BCUT2D eigenvalue weighted by Crippen LogP contribution is -1.81. The zero-order valence-electron chi connectivity index (χ0n) is 9.92. The SMILES string of the molecule is COc1ccc(-c2ccc(-c3cccs3)o2)cc1. The van der Waals surface area contributed by atoms with Crippen molar-refractivity contribution in [2.75, 3.05) is 7.11 Å². The van der Waals surface area contributed by atoms with Gasteiger partial charge in [0.2, 0.25) is 0 Å². The maximum atomic E-state index is 5.86. The van der Waals surface area contributed by atoms with Crippen molar-refractivity contribution in [3.8, 4) is 27.7 Å². The number of furan rings is 1. The molecule has 3 rings (SSSR count). The largest absolute Gasteiger partial charge is 0.497 e. The predicted octanol–water partition coefficient (Wildman–Crippen LogP) is 4.68. The van der Waals surface area contributed by atoms with Gasteiger partial charge in [0, 0.05) is 5.56 Å². The Bertz CT molecular complexity index is 621. The number of methoxy groups -OCH3 is 1. The van der Waals surface area contributed by atoms with Crippen molar-refractivity contribution < 1.29 is 9.15 Å². The second kappa shape index (κ2) is 4.70. The van der Waals surface area contributed by atoms with Crippen molar-refractivity contribution in [3.05, 3.63) is 53.9 Å². The van der Waals surface area contributed by atoms with Crippen molar-refractivity contribution in [3.63, 3.8) is 0 Å². The van der Waals surface area contributed by atoms with Crippen molar-refractivity contribution in [1.82, 2.24) is 0 Å². The minimum Gasteiger partial charge on any atom is -0.497 e. The topological polar surface area (TPSA) is 22.4 Å². The monoisotopic (exact) mass is 256 g/mol. The Morgan fingerprint density at radius 1 is 0.944 bits per heavy atom. The summed E-state index contributed by atoms with van der Waals surface area (Å²) in [5, 5.41) is 2.05. The first-order valence-electron chi connectivity index (χ1n) is 5.65. The van der Waals surface area contributed by atoms with Gasteiger partial charge in [-0.3, -0.25) is 0 Å². The standard InChI is InChI=1S/C15H12O2S/c1-16-12-6-4-11(5-7-12)13-8-9-14(17-13)15-3-2-10-18-15/h2-10H,1H3. The first-order chi connectivity index (χ1) is 8.86. The fourth-order valence-electron chi connectivity index (χ4n) is 1.80. The summed E-state index contributed by atoms with van der Waals surface area (Å²) in [4.78, 5) is 1.15. The van der Waals surface area contributed by atoms with E-state index in [1.165, 1.54) is 0 Å². The smallest absolute Gasteiger partial charge is 0.144 e. The summed E-state index contributed by atoms with van der Waals surface area (Å²) in [6.45, 7) is 0. The van der Waals surface area contributed by atoms with Gasteiger partial charge in [0.05, 0.1) is 12.0 Å². The molecule has 3 aromatic rings. The molecule has 0 aliphatic carbocycles. The Morgan fingerprint density at radius 2 is 1.72 bits per heavy atom. The van der Waals surface area contributed by atoms with Crippen LogP contribution in [-0.4, -0.2) is 7.11 Å². The second-order valence-corrected chi connectivity index (χ2v) is 4.82. The molecule has 0 amide bonds. The molecule has 3 heteroatoms. The highest BCUT2D eigenvalue weighted by Gasteiger charge is 2.07. The van der Waals surface area contributed by atoms with Gasteiger partial charge in [-0.1, -0.05) is 6.07 Å². The van der Waals surface area contributed by atoms with Gasteiger partial charge in [0.15, 0.2) is 0 Å². The van der Waals surface area contributed by atoms with Gasteiger partial charge in [0.25, 0.3) is 0 Å². The second-order valence-electron chi connectivity index (χ2n) is 3.87. The molecule has 2 heterocycles. The third-order valence-electron chi connectivity index (χ3n) is 2.74. The van der Waals surface area contributed by atoms with Gasteiger partial charge < -0.3 is 9.15 Å². The molecule has 90 valence electrons. The summed E-state index contributed by atoms with van der Waals surface area (Å²) in [5.41, 5.74) is 1.05. The molecule has 0 aliphatic heterocycles. The highest BCUT2D eigenvalue weighted by atomic mass is 32.1. The van der Waals surface area contributed by atoms with Crippen LogP contribution in [0.25, 0.3) is 22.0 Å². The summed E-state index contributed by atoms with van der Waals surface area (Å²) < 4.78 is 11.0. The lowest BCUT2D eigenvalue weighted by atomic mass is 10.2. The quantitative estimate of drug-likeness (QED) is 0.678. The van der Waals surface area contributed by atoms with Crippen LogP contribution in [0.15, 0.2) is 58.3 Å². The van der Waals surface area contributed by atoms with E-state index in [1.807, 2.05) is 47.8 Å². The molecule has 0 radical (unpaired) electrons. The van der Waals surface area contributed by atoms with Gasteiger partial charge >= 0.3 is 0 Å². The number of thiophene rings is 1. The van der Waals surface area contributed by atoms with E-state index in [0.29, 0.717) is 0 Å². The van der Waals surface area contributed by atoms with E-state index in [1.54, 1.807) is 18.4 Å². The molecular formula is C15H12O2S. The van der Waals surface area contributed by atoms with Crippen LogP contribution in [0, 0.1) is 0 Å². The number of benzene rings is 1. The lowest BCUT2D eigenvalue weighted by Gasteiger charge is -2.00. The Hall–Kier alpha value is -2.00. The molecule has 0 saturated heterocycles. The van der Waals surface area contributed by atoms with Crippen LogP contribution in [0.1, 0.15) is 0 Å². The van der Waals surface area contributed by atoms with E-state index in [9.17, 15) is 0 Å². The molecular weight excluding hydrogens is 244 g/mol. The summed E-state index contributed by atoms with van der Waals surface area (Å²) in [6.07, 6.45) is 0. The fraction of sp³-hybridized carbons (Fsp3) is 0.0667. The summed E-state index contributed by atoms with van der Waals surface area (Å²) in [5.74, 6) is 2.64. The van der Waals surface area contributed by atoms with E-state index in [4.69, 9.17) is 9.15 Å². The molecule has 18 heavy (non-hydrogen) atoms. The molecule has 0 atom stereocenters. The Balaban J connectivity index is 1.92. The normalized spacial score (nSPS) is 10.5. The lowest BCUT2D eigenvalue weighted by molar-refractivity contribution is 0.415. The average molecular weight is 256 g/mol. The molecule has 0 N–H and O–H groups in total. The third-order valence-corrected chi connectivity index (χ3v) is 3.63. The first-order valence-corrected chi connectivity index (χ1v) is 6.53. The summed E-state index contributed by atoms with van der Waals surface area (Å²) in [7, 11) is 1.66. The van der Waals surface area contributed by atoms with Gasteiger partial charge in [-0.05, 0) is 47.8 Å². The minimum absolute atomic E-state index is 0.851. The Labute approximate surface area is 109 Å². The number of ether oxygens (including phenoxy) is 1. The van der Waals surface area contributed by atoms with Crippen molar-refractivity contribution >= 4 is 11.3 Å². The van der Waals surface area contributed by atoms with E-state index >= 15 is 0 Å². The van der Waals surface area contributed by atoms with E-state index in [2.05, 4.69) is 6.07 Å². The van der Waals surface area contributed by atoms with Crippen molar-refractivity contribution in [2.24, 2.45) is 0 Å². The van der Waals surface area contributed by atoms with Crippen LogP contribution in [-0.2, 0) is 0 Å². The predicted molar refractivity (Wildman–Crippen MR) is 74.0 cm³/mol. The molecule has 2 aromatic heterocycles. The van der Waals surface area contributed by atoms with Crippen LogP contribution >= 0.6 is 11.3 Å². The number of hydrogen-bond acceptors (Lipinski definition) is 3. The van der Waals surface area contributed by atoms with Gasteiger partial charge in [-0.2, -0.15) is 0 Å². The van der Waals surface area contributed by atoms with Crippen LogP contribution in [0.2, 0.25) is 0 Å². The molecule has 0 bridgehead atoms. The van der Waals surface area contributed by atoms with Crippen LogP contribution < -0.4 is 4.74 Å². The average Bonchev–Trinajstić information content (AvgIpc) is 3.09. The van der Waals surface area contributed by atoms with E-state index in [0.717, 1.165) is 27.7 Å². The molecule has 0 spiro atoms. The molecule has 2 nitrogen and oxygen atoms in total. The Kier molecular flexibility index (Phi) is 2.90. The molecule has 0 unspecified atom stereocenters. The van der Waals surface area contributed by atoms with Crippen molar-refractivity contribution in [1.29, 1.82) is 0 Å².